The summed E-state index contributed by atoms with van der Waals surface area (Å²) in [4.78, 5) is 2.94. The number of hydrogen-bond acceptors (Lipinski definition) is 2. The average molecular weight is 299 g/mol. The maximum absolute atomic E-state index is 5.86. The lowest BCUT2D eigenvalue weighted by molar-refractivity contribution is 0.305. The second-order valence-corrected chi connectivity index (χ2v) is 5.49. The van der Waals surface area contributed by atoms with E-state index in [2.05, 4.69) is 33.0 Å². The van der Waals surface area contributed by atoms with E-state index in [-0.39, 0.29) is 6.04 Å². The Hall–Kier alpha value is -0.450. The zero-order chi connectivity index (χ0) is 11.5. The standard InChI is InChI=1S/C12H15BrN2S/c13-10-5-3-9(4-6-10)11(12(14)16)15-7-1-2-8-15/h3-6,11H,1-2,7-8H2,(H2,14,16). The van der Waals surface area contributed by atoms with E-state index in [9.17, 15) is 0 Å². The first-order valence-electron chi connectivity index (χ1n) is 5.47. The smallest absolute Gasteiger partial charge is 0.0948 e. The van der Waals surface area contributed by atoms with Crippen LogP contribution in [0.15, 0.2) is 28.7 Å². The Bertz CT molecular complexity index is 371. The molecule has 0 saturated carbocycles. The number of thiocarbonyl (C=S) groups is 1. The third-order valence-electron chi connectivity index (χ3n) is 2.96. The van der Waals surface area contributed by atoms with E-state index >= 15 is 0 Å². The van der Waals surface area contributed by atoms with E-state index in [1.54, 1.807) is 0 Å². The van der Waals surface area contributed by atoms with E-state index in [4.69, 9.17) is 18.0 Å². The zero-order valence-corrected chi connectivity index (χ0v) is 11.4. The Morgan fingerprint density at radius 1 is 1.25 bits per heavy atom. The van der Waals surface area contributed by atoms with Crippen molar-refractivity contribution in [2.45, 2.75) is 18.9 Å². The molecule has 0 spiro atoms. The van der Waals surface area contributed by atoms with E-state index < -0.39 is 0 Å². The summed E-state index contributed by atoms with van der Waals surface area (Å²) in [5, 5.41) is 0. The summed E-state index contributed by atoms with van der Waals surface area (Å²) < 4.78 is 1.08. The van der Waals surface area contributed by atoms with Crippen LogP contribution in [0.25, 0.3) is 0 Å². The molecule has 1 unspecified atom stereocenters. The largest absolute Gasteiger partial charge is 0.392 e. The highest BCUT2D eigenvalue weighted by Gasteiger charge is 2.25. The first kappa shape index (κ1) is 12.0. The Balaban J connectivity index is 2.24. The van der Waals surface area contributed by atoms with Crippen LogP contribution in [0.4, 0.5) is 0 Å². The molecule has 1 aromatic carbocycles. The first-order valence-corrected chi connectivity index (χ1v) is 6.67. The van der Waals surface area contributed by atoms with E-state index in [0.717, 1.165) is 17.6 Å². The Morgan fingerprint density at radius 3 is 2.31 bits per heavy atom. The molecule has 1 heterocycles. The van der Waals surface area contributed by atoms with E-state index in [1.165, 1.54) is 18.4 Å². The van der Waals surface area contributed by atoms with Gasteiger partial charge in [-0.2, -0.15) is 0 Å². The molecule has 0 aromatic heterocycles. The quantitative estimate of drug-likeness (QED) is 0.870. The number of benzene rings is 1. The van der Waals surface area contributed by atoms with Crippen molar-refractivity contribution < 1.29 is 0 Å². The number of likely N-dealkylation sites (tertiary alicyclic amines) is 1. The number of rotatable bonds is 3. The van der Waals surface area contributed by atoms with Gasteiger partial charge in [-0.3, -0.25) is 4.90 Å². The van der Waals surface area contributed by atoms with Crippen LogP contribution in [0.2, 0.25) is 0 Å². The molecule has 0 radical (unpaired) electrons. The van der Waals surface area contributed by atoms with Gasteiger partial charge in [-0.15, -0.1) is 0 Å². The lowest BCUT2D eigenvalue weighted by atomic mass is 10.1. The molecule has 16 heavy (non-hydrogen) atoms. The summed E-state index contributed by atoms with van der Waals surface area (Å²) >= 11 is 8.63. The van der Waals surface area contributed by atoms with Gasteiger partial charge in [0.15, 0.2) is 0 Å². The molecule has 0 aliphatic carbocycles. The van der Waals surface area contributed by atoms with Crippen molar-refractivity contribution in [2.75, 3.05) is 13.1 Å². The maximum Gasteiger partial charge on any atom is 0.0948 e. The van der Waals surface area contributed by atoms with Crippen LogP contribution in [-0.2, 0) is 0 Å². The highest BCUT2D eigenvalue weighted by atomic mass is 79.9. The minimum absolute atomic E-state index is 0.102. The van der Waals surface area contributed by atoms with Gasteiger partial charge < -0.3 is 5.73 Å². The third kappa shape index (κ3) is 2.62. The van der Waals surface area contributed by atoms with Crippen molar-refractivity contribution >= 4 is 33.1 Å². The monoisotopic (exact) mass is 298 g/mol. The number of hydrogen-bond donors (Lipinski definition) is 1. The van der Waals surface area contributed by atoms with Crippen LogP contribution in [0.3, 0.4) is 0 Å². The fourth-order valence-corrected chi connectivity index (χ4v) is 2.75. The summed E-state index contributed by atoms with van der Waals surface area (Å²) in [6, 6.07) is 8.36. The van der Waals surface area contributed by atoms with Crippen molar-refractivity contribution in [3.63, 3.8) is 0 Å². The fraction of sp³-hybridized carbons (Fsp3) is 0.417. The second-order valence-electron chi connectivity index (χ2n) is 4.10. The minimum atomic E-state index is 0.102. The molecule has 1 saturated heterocycles. The first-order chi connectivity index (χ1) is 7.68. The molecule has 86 valence electrons. The predicted molar refractivity (Wildman–Crippen MR) is 74.5 cm³/mol. The van der Waals surface area contributed by atoms with Crippen LogP contribution >= 0.6 is 28.1 Å². The molecule has 1 aliphatic heterocycles. The molecule has 1 aromatic rings. The van der Waals surface area contributed by atoms with Crippen LogP contribution < -0.4 is 5.73 Å². The molecule has 1 atom stereocenters. The summed E-state index contributed by atoms with van der Waals surface area (Å²) in [6.45, 7) is 2.19. The lowest BCUT2D eigenvalue weighted by Gasteiger charge is -2.26. The van der Waals surface area contributed by atoms with E-state index in [1.807, 2.05) is 12.1 Å². The summed E-state index contributed by atoms with van der Waals surface area (Å²) in [6.07, 6.45) is 2.49. The van der Waals surface area contributed by atoms with Gasteiger partial charge in [0.2, 0.25) is 0 Å². The molecule has 0 bridgehead atoms. The topological polar surface area (TPSA) is 29.3 Å². The van der Waals surface area contributed by atoms with Gasteiger partial charge >= 0.3 is 0 Å². The lowest BCUT2D eigenvalue weighted by Crippen LogP contribution is -2.34. The highest BCUT2D eigenvalue weighted by molar-refractivity contribution is 9.10. The van der Waals surface area contributed by atoms with Crippen molar-refractivity contribution in [1.29, 1.82) is 0 Å². The minimum Gasteiger partial charge on any atom is -0.392 e. The van der Waals surface area contributed by atoms with Crippen molar-refractivity contribution in [3.05, 3.63) is 34.3 Å². The van der Waals surface area contributed by atoms with Gasteiger partial charge in [0.1, 0.15) is 0 Å². The van der Waals surface area contributed by atoms with Crippen LogP contribution in [0.1, 0.15) is 24.4 Å². The van der Waals surface area contributed by atoms with Crippen molar-refractivity contribution in [2.24, 2.45) is 5.73 Å². The van der Waals surface area contributed by atoms with Crippen LogP contribution in [0.5, 0.6) is 0 Å². The number of halogens is 1. The second kappa shape index (κ2) is 5.25. The molecular weight excluding hydrogens is 284 g/mol. The molecule has 1 fully saturated rings. The average Bonchev–Trinajstić information content (AvgIpc) is 2.74. The molecule has 2 nitrogen and oxygen atoms in total. The molecule has 2 N–H and O–H groups in total. The van der Waals surface area contributed by atoms with E-state index in [0.29, 0.717) is 4.99 Å². The summed E-state index contributed by atoms with van der Waals surface area (Å²) in [5.74, 6) is 0. The maximum atomic E-state index is 5.86. The molecule has 4 heteroatoms. The van der Waals surface area contributed by atoms with Crippen molar-refractivity contribution in [1.82, 2.24) is 4.90 Å². The molecular formula is C12H15BrN2S. The number of nitrogens with two attached hydrogens (primary N) is 1. The van der Waals surface area contributed by atoms with Crippen LogP contribution in [0, 0.1) is 0 Å². The molecule has 0 amide bonds. The van der Waals surface area contributed by atoms with Gasteiger partial charge in [0, 0.05) is 4.47 Å². The van der Waals surface area contributed by atoms with Gasteiger partial charge in [-0.05, 0) is 43.6 Å². The summed E-state index contributed by atoms with van der Waals surface area (Å²) in [7, 11) is 0. The SMILES string of the molecule is NC(=S)C(c1ccc(Br)cc1)N1CCCC1. The van der Waals surface area contributed by atoms with Crippen LogP contribution in [-0.4, -0.2) is 23.0 Å². The zero-order valence-electron chi connectivity index (χ0n) is 9.03. The molecule has 1 aliphatic rings. The molecule has 2 rings (SSSR count). The fourth-order valence-electron chi connectivity index (χ4n) is 2.20. The predicted octanol–water partition coefficient (Wildman–Crippen LogP) is 2.87. The van der Waals surface area contributed by atoms with Gasteiger partial charge in [0.05, 0.1) is 11.0 Å². The Morgan fingerprint density at radius 2 is 1.81 bits per heavy atom. The third-order valence-corrected chi connectivity index (χ3v) is 3.71. The highest BCUT2D eigenvalue weighted by Crippen LogP contribution is 2.26. The van der Waals surface area contributed by atoms with Gasteiger partial charge in [0.25, 0.3) is 0 Å². The van der Waals surface area contributed by atoms with Gasteiger partial charge in [-0.1, -0.05) is 40.3 Å². The Labute approximate surface area is 110 Å². The number of nitrogens with zero attached hydrogens (tertiary/aromatic N) is 1. The summed E-state index contributed by atoms with van der Waals surface area (Å²) in [5.41, 5.74) is 7.06. The Kier molecular flexibility index (Phi) is 3.95. The van der Waals surface area contributed by atoms with Gasteiger partial charge in [-0.25, -0.2) is 0 Å². The normalized spacial score (nSPS) is 18.6. The van der Waals surface area contributed by atoms with Crippen molar-refractivity contribution in [3.8, 4) is 0 Å².